The second kappa shape index (κ2) is 9.39. The first-order valence-corrected chi connectivity index (χ1v) is 12.0. The number of hydrogen-bond donors (Lipinski definition) is 1. The third kappa shape index (κ3) is 4.21. The molecule has 6 heteroatoms. The molecular formula is C28H31N5O. The average Bonchev–Trinajstić information content (AvgIpc) is 3.33. The van der Waals surface area contributed by atoms with E-state index in [1.54, 1.807) is 17.0 Å². The van der Waals surface area contributed by atoms with Crippen molar-refractivity contribution in [1.82, 2.24) is 19.9 Å². The Labute approximate surface area is 200 Å². The molecule has 3 heterocycles. The topological polar surface area (TPSA) is 63.0 Å². The van der Waals surface area contributed by atoms with E-state index in [2.05, 4.69) is 53.3 Å². The van der Waals surface area contributed by atoms with Crippen LogP contribution in [-0.4, -0.2) is 39.7 Å². The molecule has 174 valence electrons. The third-order valence-corrected chi connectivity index (χ3v) is 6.65. The second-order valence-electron chi connectivity index (χ2n) is 9.35. The summed E-state index contributed by atoms with van der Waals surface area (Å²) in [6.07, 6.45) is 5.69. The zero-order valence-electron chi connectivity index (χ0n) is 20.0. The fourth-order valence-corrected chi connectivity index (χ4v) is 4.85. The molecule has 1 aliphatic rings. The van der Waals surface area contributed by atoms with Gasteiger partial charge in [0, 0.05) is 50.2 Å². The maximum absolute atomic E-state index is 13.9. The second-order valence-corrected chi connectivity index (χ2v) is 9.35. The SMILES string of the molecule is CC(C)NC[C@H]1CCCN1c1nc(-c2ccncc2)c(-c2ccc3ccccc3c2)c(=O)n1C. The molecule has 0 amide bonds. The number of nitrogens with one attached hydrogen (secondary N) is 1. The van der Waals surface area contributed by atoms with Crippen molar-refractivity contribution in [3.05, 3.63) is 77.3 Å². The van der Waals surface area contributed by atoms with Crippen LogP contribution >= 0.6 is 0 Å². The number of pyridine rings is 1. The quantitative estimate of drug-likeness (QED) is 0.461. The minimum Gasteiger partial charge on any atom is -0.338 e. The lowest BCUT2D eigenvalue weighted by atomic mass is 9.98. The van der Waals surface area contributed by atoms with Gasteiger partial charge < -0.3 is 10.2 Å². The molecule has 1 aliphatic heterocycles. The fraction of sp³-hybridized carbons (Fsp3) is 0.321. The largest absolute Gasteiger partial charge is 0.338 e. The van der Waals surface area contributed by atoms with E-state index in [-0.39, 0.29) is 5.56 Å². The first kappa shape index (κ1) is 22.3. The molecule has 6 nitrogen and oxygen atoms in total. The zero-order chi connectivity index (χ0) is 23.7. The predicted octanol–water partition coefficient (Wildman–Crippen LogP) is 4.63. The molecule has 5 rings (SSSR count). The molecule has 1 fully saturated rings. The zero-order valence-corrected chi connectivity index (χ0v) is 20.0. The number of hydrogen-bond acceptors (Lipinski definition) is 5. The van der Waals surface area contributed by atoms with Gasteiger partial charge in [-0.2, -0.15) is 0 Å². The van der Waals surface area contributed by atoms with Crippen LogP contribution < -0.4 is 15.8 Å². The van der Waals surface area contributed by atoms with Crippen molar-refractivity contribution in [3.8, 4) is 22.4 Å². The van der Waals surface area contributed by atoms with Crippen LogP contribution in [0.3, 0.4) is 0 Å². The number of nitrogens with zero attached hydrogens (tertiary/aromatic N) is 4. The monoisotopic (exact) mass is 453 g/mol. The number of aromatic nitrogens is 3. The van der Waals surface area contributed by atoms with Crippen LogP contribution in [0.5, 0.6) is 0 Å². The van der Waals surface area contributed by atoms with Gasteiger partial charge in [-0.15, -0.1) is 0 Å². The van der Waals surface area contributed by atoms with E-state index in [0.29, 0.717) is 23.3 Å². The van der Waals surface area contributed by atoms with Gasteiger partial charge in [0.2, 0.25) is 5.95 Å². The molecule has 4 aromatic rings. The van der Waals surface area contributed by atoms with E-state index < -0.39 is 0 Å². The number of anilines is 1. The standard InChI is InChI=1S/C28H31N5O/c1-19(2)30-18-24-9-6-16-33(24)28-31-26(21-12-14-29-15-13-21)25(27(34)32(28)3)23-11-10-20-7-4-5-8-22(20)17-23/h4-5,7-8,10-15,17,19,24,30H,6,9,16,18H2,1-3H3/t24-/m1/s1. The maximum atomic E-state index is 13.9. The minimum absolute atomic E-state index is 0.0328. The normalized spacial score (nSPS) is 16.0. The lowest BCUT2D eigenvalue weighted by molar-refractivity contribution is 0.517. The van der Waals surface area contributed by atoms with Crippen molar-refractivity contribution in [1.29, 1.82) is 0 Å². The van der Waals surface area contributed by atoms with E-state index in [1.807, 2.05) is 37.4 Å². The highest BCUT2D eigenvalue weighted by Crippen LogP contribution is 2.32. The third-order valence-electron chi connectivity index (χ3n) is 6.65. The molecule has 2 aromatic carbocycles. The molecule has 1 atom stereocenters. The summed E-state index contributed by atoms with van der Waals surface area (Å²) in [7, 11) is 1.84. The van der Waals surface area contributed by atoms with E-state index in [0.717, 1.165) is 53.8 Å². The van der Waals surface area contributed by atoms with Crippen molar-refractivity contribution in [2.45, 2.75) is 38.8 Å². The Bertz CT molecular complexity index is 1360. The summed E-state index contributed by atoms with van der Waals surface area (Å²) in [5.74, 6) is 0.731. The highest BCUT2D eigenvalue weighted by atomic mass is 16.1. The van der Waals surface area contributed by atoms with Crippen LogP contribution in [0.4, 0.5) is 5.95 Å². The van der Waals surface area contributed by atoms with Crippen molar-refractivity contribution in [2.75, 3.05) is 18.0 Å². The first-order valence-electron chi connectivity index (χ1n) is 12.0. The van der Waals surface area contributed by atoms with E-state index in [9.17, 15) is 4.79 Å². The molecular weight excluding hydrogens is 422 g/mol. The Kier molecular flexibility index (Phi) is 6.16. The Morgan fingerprint density at radius 2 is 1.79 bits per heavy atom. The van der Waals surface area contributed by atoms with E-state index in [1.165, 1.54) is 0 Å². The maximum Gasteiger partial charge on any atom is 0.263 e. The van der Waals surface area contributed by atoms with Gasteiger partial charge >= 0.3 is 0 Å². The minimum atomic E-state index is -0.0328. The summed E-state index contributed by atoms with van der Waals surface area (Å²) in [4.78, 5) is 25.5. The van der Waals surface area contributed by atoms with Crippen LogP contribution in [-0.2, 0) is 7.05 Å². The fourth-order valence-electron chi connectivity index (χ4n) is 4.85. The van der Waals surface area contributed by atoms with Crippen molar-refractivity contribution in [2.24, 2.45) is 7.05 Å². The molecule has 34 heavy (non-hydrogen) atoms. The first-order chi connectivity index (χ1) is 16.5. The Hall–Kier alpha value is -3.51. The Morgan fingerprint density at radius 3 is 2.56 bits per heavy atom. The van der Waals surface area contributed by atoms with Gasteiger partial charge in [-0.25, -0.2) is 4.98 Å². The Morgan fingerprint density at radius 1 is 1.03 bits per heavy atom. The number of fused-ring (bicyclic) bond motifs is 1. The molecule has 2 aromatic heterocycles. The highest BCUT2D eigenvalue weighted by molar-refractivity contribution is 5.90. The summed E-state index contributed by atoms with van der Waals surface area (Å²) in [6, 6.07) is 19.0. The summed E-state index contributed by atoms with van der Waals surface area (Å²) in [5.41, 5.74) is 3.07. The van der Waals surface area contributed by atoms with Gasteiger partial charge in [0.1, 0.15) is 0 Å². The van der Waals surface area contributed by atoms with Gasteiger partial charge in [-0.05, 0) is 47.4 Å². The van der Waals surface area contributed by atoms with Crippen LogP contribution in [0.2, 0.25) is 0 Å². The van der Waals surface area contributed by atoms with Gasteiger partial charge in [0.25, 0.3) is 5.56 Å². The average molecular weight is 454 g/mol. The summed E-state index contributed by atoms with van der Waals surface area (Å²) >= 11 is 0. The van der Waals surface area contributed by atoms with Gasteiger partial charge in [-0.3, -0.25) is 14.3 Å². The Balaban J connectivity index is 1.68. The van der Waals surface area contributed by atoms with Gasteiger partial charge in [-0.1, -0.05) is 50.2 Å². The molecule has 0 radical (unpaired) electrons. The predicted molar refractivity (Wildman–Crippen MR) is 139 cm³/mol. The lowest BCUT2D eigenvalue weighted by Crippen LogP contribution is -2.43. The molecule has 0 bridgehead atoms. The number of rotatable bonds is 6. The molecule has 1 saturated heterocycles. The van der Waals surface area contributed by atoms with Gasteiger partial charge in [0.05, 0.1) is 11.3 Å². The summed E-state index contributed by atoms with van der Waals surface area (Å²) in [5, 5.41) is 5.81. The smallest absolute Gasteiger partial charge is 0.263 e. The molecule has 0 unspecified atom stereocenters. The van der Waals surface area contributed by atoms with E-state index >= 15 is 0 Å². The van der Waals surface area contributed by atoms with Gasteiger partial charge in [0.15, 0.2) is 0 Å². The van der Waals surface area contributed by atoms with Crippen molar-refractivity contribution in [3.63, 3.8) is 0 Å². The molecule has 1 N–H and O–H groups in total. The van der Waals surface area contributed by atoms with Crippen LogP contribution in [0, 0.1) is 0 Å². The lowest BCUT2D eigenvalue weighted by Gasteiger charge is -2.29. The molecule has 0 saturated carbocycles. The van der Waals surface area contributed by atoms with Crippen LogP contribution in [0.15, 0.2) is 71.8 Å². The number of benzene rings is 2. The van der Waals surface area contributed by atoms with E-state index in [4.69, 9.17) is 4.98 Å². The van der Waals surface area contributed by atoms with Crippen molar-refractivity contribution >= 4 is 16.7 Å². The molecule has 0 spiro atoms. The summed E-state index contributed by atoms with van der Waals surface area (Å²) < 4.78 is 1.73. The van der Waals surface area contributed by atoms with Crippen molar-refractivity contribution < 1.29 is 0 Å². The highest BCUT2D eigenvalue weighted by Gasteiger charge is 2.29. The summed E-state index contributed by atoms with van der Waals surface area (Å²) in [6.45, 7) is 6.10. The molecule has 0 aliphatic carbocycles. The van der Waals surface area contributed by atoms with Crippen LogP contribution in [0.1, 0.15) is 26.7 Å². The van der Waals surface area contributed by atoms with Crippen LogP contribution in [0.25, 0.3) is 33.2 Å².